The number of methoxy groups -OCH3 is 1. The second kappa shape index (κ2) is 10.3. The van der Waals surface area contributed by atoms with Crippen LogP contribution in [0.4, 0.5) is 4.79 Å². The fraction of sp³-hybridized carbons (Fsp3) is 0.409. The maximum Gasteiger partial charge on any atom is 0.314 e. The molecule has 6 heteroatoms. The van der Waals surface area contributed by atoms with Crippen LogP contribution in [0.5, 0.6) is 5.75 Å². The van der Waals surface area contributed by atoms with Crippen molar-refractivity contribution < 1.29 is 9.53 Å². The van der Waals surface area contributed by atoms with Crippen LogP contribution in [-0.4, -0.2) is 44.2 Å². The largest absolute Gasteiger partial charge is 0.497 e. The van der Waals surface area contributed by atoms with Crippen molar-refractivity contribution in [2.45, 2.75) is 25.3 Å². The van der Waals surface area contributed by atoms with Crippen LogP contribution in [0.25, 0.3) is 0 Å². The van der Waals surface area contributed by atoms with Gasteiger partial charge in [0, 0.05) is 18.1 Å². The topological polar surface area (TPSA) is 53.6 Å². The molecule has 5 nitrogen and oxygen atoms in total. The van der Waals surface area contributed by atoms with Crippen molar-refractivity contribution in [1.29, 1.82) is 0 Å². The Balaban J connectivity index is 1.50. The number of nitrogens with zero attached hydrogens (tertiary/aromatic N) is 1. The number of hydrogen-bond acceptors (Lipinski definition) is 3. The first kappa shape index (κ1) is 20.5. The highest BCUT2D eigenvalue weighted by Gasteiger charge is 2.24. The third kappa shape index (κ3) is 5.88. The lowest BCUT2D eigenvalue weighted by Gasteiger charge is -2.28. The van der Waals surface area contributed by atoms with Gasteiger partial charge in [0.1, 0.15) is 5.75 Å². The molecule has 150 valence electrons. The average molecular weight is 402 g/mol. The van der Waals surface area contributed by atoms with Gasteiger partial charge in [0.25, 0.3) is 0 Å². The summed E-state index contributed by atoms with van der Waals surface area (Å²) in [5.41, 5.74) is 2.35. The van der Waals surface area contributed by atoms with E-state index in [0.29, 0.717) is 13.1 Å². The van der Waals surface area contributed by atoms with E-state index in [4.69, 9.17) is 16.3 Å². The Bertz CT molecular complexity index is 743. The number of carbonyl (C=O) groups is 1. The predicted molar refractivity (Wildman–Crippen MR) is 113 cm³/mol. The molecule has 1 aliphatic rings. The summed E-state index contributed by atoms with van der Waals surface area (Å²) in [6, 6.07) is 15.9. The third-order valence-electron chi connectivity index (χ3n) is 5.15. The molecule has 0 aliphatic carbocycles. The standard InChI is InChI=1S/C22H28ClN3O2/c1-28-20-10-6-18(7-11-20)21(26-14-2-3-15-26)16-25-22(27)24-13-12-17-4-8-19(23)9-5-17/h4-11,21H,2-3,12-16H2,1H3,(H2,24,25,27)/t21-/m0/s1. The molecular weight excluding hydrogens is 374 g/mol. The van der Waals surface area contributed by atoms with Gasteiger partial charge in [0.2, 0.25) is 0 Å². The van der Waals surface area contributed by atoms with Crippen LogP contribution in [0.3, 0.4) is 0 Å². The molecular formula is C22H28ClN3O2. The Morgan fingerprint density at radius 2 is 1.75 bits per heavy atom. The van der Waals surface area contributed by atoms with Gasteiger partial charge in [-0.25, -0.2) is 4.79 Å². The Labute approximate surface area is 172 Å². The molecule has 3 rings (SSSR count). The molecule has 0 unspecified atom stereocenters. The van der Waals surface area contributed by atoms with Crippen molar-refractivity contribution in [2.75, 3.05) is 33.3 Å². The number of rotatable bonds is 8. The first-order valence-electron chi connectivity index (χ1n) is 9.80. The van der Waals surface area contributed by atoms with Gasteiger partial charge in [-0.05, 0) is 67.7 Å². The summed E-state index contributed by atoms with van der Waals surface area (Å²) in [7, 11) is 1.67. The fourth-order valence-electron chi connectivity index (χ4n) is 3.56. The van der Waals surface area contributed by atoms with Gasteiger partial charge in [-0.15, -0.1) is 0 Å². The molecule has 1 aliphatic heterocycles. The molecule has 0 aromatic heterocycles. The minimum atomic E-state index is -0.133. The maximum atomic E-state index is 12.3. The number of urea groups is 1. The number of amides is 2. The Morgan fingerprint density at radius 1 is 1.07 bits per heavy atom. The lowest BCUT2D eigenvalue weighted by molar-refractivity contribution is 0.221. The van der Waals surface area contributed by atoms with E-state index < -0.39 is 0 Å². The van der Waals surface area contributed by atoms with Gasteiger partial charge >= 0.3 is 6.03 Å². The molecule has 0 radical (unpaired) electrons. The van der Waals surface area contributed by atoms with Crippen LogP contribution < -0.4 is 15.4 Å². The van der Waals surface area contributed by atoms with Gasteiger partial charge in [-0.2, -0.15) is 0 Å². The molecule has 1 saturated heterocycles. The van der Waals surface area contributed by atoms with Crippen molar-refractivity contribution >= 4 is 17.6 Å². The second-order valence-electron chi connectivity index (χ2n) is 7.05. The molecule has 1 fully saturated rings. The van der Waals surface area contributed by atoms with Crippen molar-refractivity contribution in [1.82, 2.24) is 15.5 Å². The van der Waals surface area contributed by atoms with Gasteiger partial charge in [-0.3, -0.25) is 4.90 Å². The molecule has 2 aromatic carbocycles. The summed E-state index contributed by atoms with van der Waals surface area (Å²) >= 11 is 5.90. The quantitative estimate of drug-likeness (QED) is 0.702. The van der Waals surface area contributed by atoms with E-state index in [2.05, 4.69) is 27.7 Å². The molecule has 1 heterocycles. The van der Waals surface area contributed by atoms with Gasteiger partial charge < -0.3 is 15.4 Å². The lowest BCUT2D eigenvalue weighted by atomic mass is 10.1. The molecule has 2 N–H and O–H groups in total. The smallest absolute Gasteiger partial charge is 0.314 e. The first-order valence-corrected chi connectivity index (χ1v) is 10.2. The normalized spacial score (nSPS) is 15.2. The van der Waals surface area contributed by atoms with Crippen molar-refractivity contribution in [3.05, 3.63) is 64.7 Å². The maximum absolute atomic E-state index is 12.3. The summed E-state index contributed by atoms with van der Waals surface area (Å²) in [5, 5.41) is 6.70. The van der Waals surface area contributed by atoms with E-state index >= 15 is 0 Å². The van der Waals surface area contributed by atoms with E-state index in [1.54, 1.807) is 7.11 Å². The highest BCUT2D eigenvalue weighted by Crippen LogP contribution is 2.26. The van der Waals surface area contributed by atoms with Crippen LogP contribution in [0.2, 0.25) is 5.02 Å². The number of likely N-dealkylation sites (tertiary alicyclic amines) is 1. The summed E-state index contributed by atoms with van der Waals surface area (Å²) in [6.45, 7) is 3.30. The first-order chi connectivity index (χ1) is 13.7. The van der Waals surface area contributed by atoms with Crippen LogP contribution in [-0.2, 0) is 6.42 Å². The molecule has 28 heavy (non-hydrogen) atoms. The highest BCUT2D eigenvalue weighted by molar-refractivity contribution is 6.30. The van der Waals surface area contributed by atoms with Crippen LogP contribution in [0.1, 0.15) is 30.0 Å². The average Bonchev–Trinajstić information content (AvgIpc) is 3.25. The van der Waals surface area contributed by atoms with Crippen molar-refractivity contribution in [3.8, 4) is 5.75 Å². The van der Waals surface area contributed by atoms with Crippen LogP contribution in [0, 0.1) is 0 Å². The number of hydrogen-bond donors (Lipinski definition) is 2. The molecule has 0 spiro atoms. The summed E-state index contributed by atoms with van der Waals surface area (Å²) in [4.78, 5) is 14.7. The molecule has 0 saturated carbocycles. The monoisotopic (exact) mass is 401 g/mol. The summed E-state index contributed by atoms with van der Waals surface area (Å²) in [5.74, 6) is 0.844. The second-order valence-corrected chi connectivity index (χ2v) is 7.48. The van der Waals surface area contributed by atoms with Gasteiger partial charge in [0.15, 0.2) is 0 Å². The molecule has 2 amide bonds. The number of ether oxygens (including phenoxy) is 1. The van der Waals surface area contributed by atoms with Gasteiger partial charge in [-0.1, -0.05) is 35.9 Å². The SMILES string of the molecule is COc1ccc([C@H](CNC(=O)NCCc2ccc(Cl)cc2)N2CCCC2)cc1. The number of halogens is 1. The number of nitrogens with one attached hydrogen (secondary N) is 2. The highest BCUT2D eigenvalue weighted by atomic mass is 35.5. The summed E-state index contributed by atoms with van der Waals surface area (Å²) in [6.07, 6.45) is 3.19. The van der Waals surface area contributed by atoms with E-state index in [1.807, 2.05) is 36.4 Å². The number of carbonyl (C=O) groups excluding carboxylic acids is 1. The zero-order valence-corrected chi connectivity index (χ0v) is 17.0. The fourth-order valence-corrected chi connectivity index (χ4v) is 3.69. The van der Waals surface area contributed by atoms with E-state index in [9.17, 15) is 4.79 Å². The summed E-state index contributed by atoms with van der Waals surface area (Å²) < 4.78 is 5.26. The van der Waals surface area contributed by atoms with Crippen molar-refractivity contribution in [3.63, 3.8) is 0 Å². The van der Waals surface area contributed by atoms with Crippen molar-refractivity contribution in [2.24, 2.45) is 0 Å². The predicted octanol–water partition coefficient (Wildman–Crippen LogP) is 4.03. The molecule has 1 atom stereocenters. The minimum Gasteiger partial charge on any atom is -0.497 e. The Kier molecular flexibility index (Phi) is 7.57. The third-order valence-corrected chi connectivity index (χ3v) is 5.40. The zero-order valence-electron chi connectivity index (χ0n) is 16.3. The Hall–Kier alpha value is -2.24. The van der Waals surface area contributed by atoms with Crippen LogP contribution >= 0.6 is 11.6 Å². The number of benzene rings is 2. The molecule has 2 aromatic rings. The van der Waals surface area contributed by atoms with E-state index in [0.717, 1.165) is 35.8 Å². The van der Waals surface area contributed by atoms with Gasteiger partial charge in [0.05, 0.1) is 13.2 Å². The zero-order chi connectivity index (χ0) is 19.8. The minimum absolute atomic E-state index is 0.133. The Morgan fingerprint density at radius 3 is 2.39 bits per heavy atom. The lowest BCUT2D eigenvalue weighted by Crippen LogP contribution is -2.42. The van der Waals surface area contributed by atoms with Crippen LogP contribution in [0.15, 0.2) is 48.5 Å². The molecule has 0 bridgehead atoms. The van der Waals surface area contributed by atoms with E-state index in [-0.39, 0.29) is 12.1 Å². The van der Waals surface area contributed by atoms with E-state index in [1.165, 1.54) is 18.4 Å².